The summed E-state index contributed by atoms with van der Waals surface area (Å²) in [6.07, 6.45) is 89.4. The summed E-state index contributed by atoms with van der Waals surface area (Å²) in [5.41, 5.74) is 0. The molecule has 0 spiro atoms. The third-order valence-electron chi connectivity index (χ3n) is 13.6. The van der Waals surface area contributed by atoms with Crippen LogP contribution in [0.15, 0.2) is 146 Å². The maximum absolute atomic E-state index is 12.9. The molecule has 0 bridgehead atoms. The molecular formula is C74H122NO8+. The zero-order valence-electron chi connectivity index (χ0n) is 53.5. The molecule has 9 heteroatoms. The smallest absolute Gasteiger partial charge is 0.361 e. The quantitative estimate of drug-likeness (QED) is 0.0211. The molecule has 0 radical (unpaired) electrons. The lowest BCUT2D eigenvalue weighted by atomic mass is 10.0. The third kappa shape index (κ3) is 64.6. The van der Waals surface area contributed by atoms with E-state index in [9.17, 15) is 19.5 Å². The molecule has 0 aliphatic rings. The summed E-state index contributed by atoms with van der Waals surface area (Å²) in [6.45, 7) is 4.62. The van der Waals surface area contributed by atoms with Crippen LogP contribution in [0.4, 0.5) is 0 Å². The molecule has 0 rings (SSSR count). The number of nitrogens with zero attached hydrogens (tertiary/aromatic N) is 1. The molecule has 0 amide bonds. The molecule has 0 aliphatic carbocycles. The fourth-order valence-corrected chi connectivity index (χ4v) is 8.61. The first-order chi connectivity index (χ1) is 40.6. The van der Waals surface area contributed by atoms with Gasteiger partial charge in [0.15, 0.2) is 6.10 Å². The Labute approximate surface area is 509 Å². The Morgan fingerprint density at radius 1 is 0.361 bits per heavy atom. The lowest BCUT2D eigenvalue weighted by Gasteiger charge is -2.25. The zero-order valence-corrected chi connectivity index (χ0v) is 53.5. The van der Waals surface area contributed by atoms with Crippen LogP contribution >= 0.6 is 0 Å². The van der Waals surface area contributed by atoms with E-state index in [-0.39, 0.29) is 38.6 Å². The predicted octanol–water partition coefficient (Wildman–Crippen LogP) is 20.3. The van der Waals surface area contributed by atoms with Crippen molar-refractivity contribution in [2.24, 2.45) is 0 Å². The zero-order chi connectivity index (χ0) is 60.5. The lowest BCUT2D eigenvalue weighted by molar-refractivity contribution is -0.870. The number of hydrogen-bond donors (Lipinski definition) is 1. The van der Waals surface area contributed by atoms with Gasteiger partial charge in [-0.3, -0.25) is 9.59 Å². The van der Waals surface area contributed by atoms with Crippen LogP contribution in [0.25, 0.3) is 0 Å². The highest BCUT2D eigenvalue weighted by molar-refractivity contribution is 5.71. The number of unbranched alkanes of at least 4 members (excludes halogenated alkanes) is 20. The number of ether oxygens (including phenoxy) is 4. The first-order valence-electron chi connectivity index (χ1n) is 33.0. The van der Waals surface area contributed by atoms with Gasteiger partial charge in [-0.05, 0) is 116 Å². The molecule has 0 aromatic carbocycles. The largest absolute Gasteiger partial charge is 0.477 e. The number of aliphatic carboxylic acids is 1. The van der Waals surface area contributed by atoms with E-state index in [0.29, 0.717) is 17.4 Å². The third-order valence-corrected chi connectivity index (χ3v) is 13.6. The highest BCUT2D eigenvalue weighted by atomic mass is 16.7. The van der Waals surface area contributed by atoms with Crippen molar-refractivity contribution in [3.05, 3.63) is 146 Å². The van der Waals surface area contributed by atoms with Gasteiger partial charge in [0.2, 0.25) is 0 Å². The van der Waals surface area contributed by atoms with Crippen molar-refractivity contribution in [2.45, 2.75) is 257 Å². The normalized spacial score (nSPS) is 13.7. The standard InChI is InChI=1S/C74H121NO8/c1-6-8-10-12-14-16-18-20-22-24-26-28-30-32-34-36-38-40-42-44-46-48-50-52-54-56-58-60-62-64-71(76)81-68-70(69-82-74(73(78)79)80-67-66-75(3,4)5)83-72(77)65-63-61-59-57-55-53-51-49-47-45-43-41-39-37-35-33-31-29-27-25-23-21-19-17-15-13-11-9-7-2/h8-11,14-17,20-23,26-29,33,35,39,41,45,47,51,53,70,74H,6-7,12-13,18-19,24-25,30-32,34,36-38,40,42-44,46,48-50,52,54-69H2,1-5H3/p+1/b10-8-,11-9-,16-14-,17-15-,22-20-,23-21-,28-26-,29-27-,35-33-,41-39-,47-45-,53-51-. The van der Waals surface area contributed by atoms with E-state index in [1.807, 2.05) is 21.1 Å². The Morgan fingerprint density at radius 2 is 0.651 bits per heavy atom. The van der Waals surface area contributed by atoms with E-state index in [0.717, 1.165) is 122 Å². The van der Waals surface area contributed by atoms with Crippen LogP contribution in [0.1, 0.15) is 245 Å². The van der Waals surface area contributed by atoms with Crippen LogP contribution in [-0.4, -0.2) is 87.4 Å². The van der Waals surface area contributed by atoms with Crippen LogP contribution in [0.2, 0.25) is 0 Å². The monoisotopic (exact) mass is 1150 g/mol. The molecule has 83 heavy (non-hydrogen) atoms. The molecule has 9 nitrogen and oxygen atoms in total. The first kappa shape index (κ1) is 78.2. The molecule has 0 aromatic rings. The van der Waals surface area contributed by atoms with Crippen LogP contribution in [0, 0.1) is 0 Å². The van der Waals surface area contributed by atoms with E-state index in [1.165, 1.54) is 89.9 Å². The Bertz CT molecular complexity index is 1870. The average molecular weight is 1150 g/mol. The van der Waals surface area contributed by atoms with Gasteiger partial charge in [0.05, 0.1) is 34.4 Å². The highest BCUT2D eigenvalue weighted by Gasteiger charge is 2.25. The van der Waals surface area contributed by atoms with Crippen molar-refractivity contribution in [3.8, 4) is 0 Å². The van der Waals surface area contributed by atoms with Gasteiger partial charge in [-0.1, -0.05) is 262 Å². The van der Waals surface area contributed by atoms with Gasteiger partial charge in [0.25, 0.3) is 6.29 Å². The molecule has 0 aliphatic heterocycles. The summed E-state index contributed by atoms with van der Waals surface area (Å²) >= 11 is 0. The first-order valence-corrected chi connectivity index (χ1v) is 33.0. The Hall–Kier alpha value is -4.83. The number of likely N-dealkylation sites (N-methyl/N-ethyl adjacent to an activating group) is 1. The molecule has 2 atom stereocenters. The van der Waals surface area contributed by atoms with Crippen molar-refractivity contribution < 1.29 is 42.9 Å². The predicted molar refractivity (Wildman–Crippen MR) is 354 cm³/mol. The van der Waals surface area contributed by atoms with Gasteiger partial charge in [-0.15, -0.1) is 0 Å². The van der Waals surface area contributed by atoms with E-state index < -0.39 is 24.3 Å². The summed E-state index contributed by atoms with van der Waals surface area (Å²) in [4.78, 5) is 37.6. The fourth-order valence-electron chi connectivity index (χ4n) is 8.61. The second-order valence-corrected chi connectivity index (χ2v) is 22.7. The van der Waals surface area contributed by atoms with Crippen molar-refractivity contribution in [1.82, 2.24) is 0 Å². The van der Waals surface area contributed by atoms with E-state index >= 15 is 0 Å². The van der Waals surface area contributed by atoms with Crippen molar-refractivity contribution in [1.29, 1.82) is 0 Å². The highest BCUT2D eigenvalue weighted by Crippen LogP contribution is 2.16. The molecule has 470 valence electrons. The summed E-state index contributed by atoms with van der Waals surface area (Å²) in [7, 11) is 5.96. The Kier molecular flexibility index (Phi) is 59.5. The van der Waals surface area contributed by atoms with Crippen molar-refractivity contribution >= 4 is 17.9 Å². The maximum Gasteiger partial charge on any atom is 0.361 e. The molecule has 2 unspecified atom stereocenters. The van der Waals surface area contributed by atoms with Gasteiger partial charge in [-0.2, -0.15) is 0 Å². The summed E-state index contributed by atoms with van der Waals surface area (Å²) in [6, 6.07) is 0. The molecule has 0 saturated heterocycles. The summed E-state index contributed by atoms with van der Waals surface area (Å²) in [5, 5.41) is 9.74. The number of hydrogen-bond acceptors (Lipinski definition) is 7. The second kappa shape index (κ2) is 63.2. The molecular weight excluding hydrogens is 1030 g/mol. The Balaban J connectivity index is 4.25. The number of allylic oxidation sites excluding steroid dienone is 24. The minimum Gasteiger partial charge on any atom is -0.477 e. The second-order valence-electron chi connectivity index (χ2n) is 22.7. The number of carboxylic acids is 1. The van der Waals surface area contributed by atoms with E-state index in [2.05, 4.69) is 160 Å². The van der Waals surface area contributed by atoms with Crippen LogP contribution in [0.3, 0.4) is 0 Å². The van der Waals surface area contributed by atoms with Crippen molar-refractivity contribution in [3.63, 3.8) is 0 Å². The molecule has 0 fully saturated rings. The number of carboxylic acid groups (broad SMARTS) is 1. The minimum atomic E-state index is -1.53. The molecule has 1 N–H and O–H groups in total. The van der Waals surface area contributed by atoms with Crippen LogP contribution in [0.5, 0.6) is 0 Å². The minimum absolute atomic E-state index is 0.175. The van der Waals surface area contributed by atoms with Crippen molar-refractivity contribution in [2.75, 3.05) is 47.5 Å². The number of carbonyl (C=O) groups is 3. The average Bonchev–Trinajstić information content (AvgIpc) is 3.46. The molecule has 0 aromatic heterocycles. The van der Waals surface area contributed by atoms with Gasteiger partial charge in [0.1, 0.15) is 13.2 Å². The van der Waals surface area contributed by atoms with E-state index in [1.54, 1.807) is 0 Å². The number of rotatable bonds is 59. The number of quaternary nitrogens is 1. The number of esters is 2. The van der Waals surface area contributed by atoms with Gasteiger partial charge in [-0.25, -0.2) is 4.79 Å². The Morgan fingerprint density at radius 3 is 0.964 bits per heavy atom. The summed E-state index contributed by atoms with van der Waals surface area (Å²) < 4.78 is 22.9. The van der Waals surface area contributed by atoms with Gasteiger partial charge < -0.3 is 28.5 Å². The fraction of sp³-hybridized carbons (Fsp3) is 0.635. The molecule has 0 saturated carbocycles. The van der Waals surface area contributed by atoms with E-state index in [4.69, 9.17) is 18.9 Å². The maximum atomic E-state index is 12.9. The SMILES string of the molecule is CC/C=C\C/C=C\C/C=C\C/C=C\C/C=C\C/C=C\C/C=C\C/C=C\CCCCCCC(=O)OC(COC(=O)CCCCCCCCCCCCCCCCCC/C=C\C/C=C\C/C=C\C/C=C\CC)COC(OCC[N+](C)(C)C)C(=O)O. The molecule has 0 heterocycles. The number of carbonyl (C=O) groups excluding carboxylic acids is 2. The van der Waals surface area contributed by atoms with Gasteiger partial charge in [0, 0.05) is 12.8 Å². The van der Waals surface area contributed by atoms with Crippen LogP contribution in [-0.2, 0) is 33.3 Å². The van der Waals surface area contributed by atoms with Crippen LogP contribution < -0.4 is 0 Å². The van der Waals surface area contributed by atoms with Gasteiger partial charge >= 0.3 is 17.9 Å². The topological polar surface area (TPSA) is 108 Å². The lowest BCUT2D eigenvalue weighted by Crippen LogP contribution is -2.40. The summed E-state index contributed by atoms with van der Waals surface area (Å²) in [5.74, 6) is -2.05.